The number of oxazole rings is 1. The number of anilines is 1. The van der Waals surface area contributed by atoms with E-state index in [0.29, 0.717) is 17.3 Å². The smallest absolute Gasteiger partial charge is 0.262 e. The van der Waals surface area contributed by atoms with E-state index in [1.165, 1.54) is 18.2 Å². The van der Waals surface area contributed by atoms with Crippen LogP contribution in [-0.2, 0) is 4.79 Å². The van der Waals surface area contributed by atoms with Gasteiger partial charge in [-0.25, -0.2) is 9.37 Å². The Kier molecular flexibility index (Phi) is 4.79. The van der Waals surface area contributed by atoms with Crippen LogP contribution < -0.4 is 10.1 Å². The zero-order valence-corrected chi connectivity index (χ0v) is 13.9. The van der Waals surface area contributed by atoms with E-state index in [1.807, 2.05) is 19.9 Å². The van der Waals surface area contributed by atoms with Crippen molar-refractivity contribution in [2.24, 2.45) is 0 Å². The third kappa shape index (κ3) is 4.23. The lowest BCUT2D eigenvalue weighted by Gasteiger charge is -2.08. The molecular weight excluding hydrogens is 323 g/mol. The van der Waals surface area contributed by atoms with Crippen LogP contribution in [0.3, 0.4) is 0 Å². The molecule has 128 valence electrons. The summed E-state index contributed by atoms with van der Waals surface area (Å²) in [6, 6.07) is 12.8. The highest BCUT2D eigenvalue weighted by molar-refractivity contribution is 5.92. The maximum atomic E-state index is 13.1. The molecule has 0 spiro atoms. The Morgan fingerprint density at radius 2 is 2.00 bits per heavy atom. The first-order valence-corrected chi connectivity index (χ1v) is 7.74. The Hall–Kier alpha value is -3.15. The first kappa shape index (κ1) is 16.7. The molecule has 0 bridgehead atoms. The molecule has 5 nitrogen and oxygen atoms in total. The van der Waals surface area contributed by atoms with Crippen LogP contribution in [0.4, 0.5) is 10.1 Å². The predicted octanol–water partition coefficient (Wildman–Crippen LogP) is 4.12. The fourth-order valence-corrected chi connectivity index (χ4v) is 2.23. The summed E-state index contributed by atoms with van der Waals surface area (Å²) in [5.74, 6) is 0.799. The van der Waals surface area contributed by atoms with E-state index in [1.54, 1.807) is 24.3 Å². The van der Waals surface area contributed by atoms with Crippen LogP contribution in [0.5, 0.6) is 5.75 Å². The van der Waals surface area contributed by atoms with Crippen molar-refractivity contribution in [3.63, 3.8) is 0 Å². The van der Waals surface area contributed by atoms with Gasteiger partial charge < -0.3 is 14.5 Å². The summed E-state index contributed by atoms with van der Waals surface area (Å²) in [4.78, 5) is 16.4. The number of carbonyl (C=O) groups is 1. The van der Waals surface area contributed by atoms with E-state index in [4.69, 9.17) is 9.15 Å². The summed E-state index contributed by atoms with van der Waals surface area (Å²) in [6.45, 7) is 3.50. The van der Waals surface area contributed by atoms with Crippen LogP contribution in [0.25, 0.3) is 11.5 Å². The Balaban J connectivity index is 1.64. The lowest BCUT2D eigenvalue weighted by atomic mass is 10.2. The third-order valence-electron chi connectivity index (χ3n) is 3.59. The highest BCUT2D eigenvalue weighted by Gasteiger charge is 2.10. The number of hydrogen-bond acceptors (Lipinski definition) is 4. The zero-order valence-electron chi connectivity index (χ0n) is 13.9. The quantitative estimate of drug-likeness (QED) is 0.759. The molecule has 3 rings (SSSR count). The van der Waals surface area contributed by atoms with Crippen molar-refractivity contribution in [3.05, 3.63) is 65.8 Å². The molecule has 1 amide bonds. The number of carbonyl (C=O) groups excluding carboxylic acids is 1. The van der Waals surface area contributed by atoms with Crippen LogP contribution in [0.2, 0.25) is 0 Å². The van der Waals surface area contributed by atoms with Gasteiger partial charge in [0.15, 0.2) is 6.61 Å². The van der Waals surface area contributed by atoms with Gasteiger partial charge in [0.1, 0.15) is 17.3 Å². The largest absolute Gasteiger partial charge is 0.484 e. The van der Waals surface area contributed by atoms with Crippen molar-refractivity contribution in [3.8, 4) is 17.2 Å². The van der Waals surface area contributed by atoms with Crippen molar-refractivity contribution in [1.82, 2.24) is 4.98 Å². The fraction of sp³-hybridized carbons (Fsp3) is 0.158. The summed E-state index contributed by atoms with van der Waals surface area (Å²) in [5.41, 5.74) is 2.19. The molecule has 0 aliphatic rings. The minimum Gasteiger partial charge on any atom is -0.484 e. The van der Waals surface area contributed by atoms with Gasteiger partial charge >= 0.3 is 0 Å². The van der Waals surface area contributed by atoms with Crippen molar-refractivity contribution >= 4 is 11.6 Å². The van der Waals surface area contributed by atoms with Crippen molar-refractivity contribution in [2.75, 3.05) is 11.9 Å². The maximum Gasteiger partial charge on any atom is 0.262 e. The number of aryl methyl sites for hydroxylation is 2. The number of halogens is 1. The molecule has 0 atom stereocenters. The highest BCUT2D eigenvalue weighted by Crippen LogP contribution is 2.24. The molecule has 0 radical (unpaired) electrons. The summed E-state index contributed by atoms with van der Waals surface area (Å²) >= 11 is 0. The van der Waals surface area contributed by atoms with E-state index in [2.05, 4.69) is 10.3 Å². The number of ether oxygens (including phenoxy) is 1. The van der Waals surface area contributed by atoms with Crippen LogP contribution in [-0.4, -0.2) is 17.5 Å². The molecule has 0 aliphatic heterocycles. The highest BCUT2D eigenvalue weighted by atomic mass is 19.1. The molecule has 6 heteroatoms. The number of benzene rings is 2. The first-order chi connectivity index (χ1) is 12.0. The average Bonchev–Trinajstić information content (AvgIpc) is 2.93. The van der Waals surface area contributed by atoms with E-state index in [0.717, 1.165) is 17.0 Å². The van der Waals surface area contributed by atoms with Gasteiger partial charge in [-0.15, -0.1) is 0 Å². The van der Waals surface area contributed by atoms with Gasteiger partial charge in [0.25, 0.3) is 5.91 Å². The molecule has 0 unspecified atom stereocenters. The van der Waals surface area contributed by atoms with Gasteiger partial charge in [0.05, 0.1) is 5.69 Å². The van der Waals surface area contributed by atoms with Gasteiger partial charge in [0.2, 0.25) is 5.89 Å². The van der Waals surface area contributed by atoms with Crippen molar-refractivity contribution in [2.45, 2.75) is 13.8 Å². The van der Waals surface area contributed by atoms with E-state index in [9.17, 15) is 9.18 Å². The molecule has 0 saturated carbocycles. The molecule has 0 fully saturated rings. The zero-order chi connectivity index (χ0) is 17.8. The second kappa shape index (κ2) is 7.17. The fourth-order valence-electron chi connectivity index (χ4n) is 2.23. The average molecular weight is 340 g/mol. The Bertz CT molecular complexity index is 886. The predicted molar refractivity (Wildman–Crippen MR) is 91.9 cm³/mol. The SMILES string of the molecule is Cc1nc(-c2cccc(NC(=O)COc3cccc(F)c3)c2)oc1C. The summed E-state index contributed by atoms with van der Waals surface area (Å²) in [5, 5.41) is 2.73. The molecule has 2 aromatic carbocycles. The van der Waals surface area contributed by atoms with E-state index < -0.39 is 5.82 Å². The Labute approximate surface area is 144 Å². The van der Waals surface area contributed by atoms with Crippen molar-refractivity contribution < 1.29 is 18.3 Å². The van der Waals surface area contributed by atoms with E-state index in [-0.39, 0.29) is 12.5 Å². The molecule has 3 aromatic rings. The third-order valence-corrected chi connectivity index (χ3v) is 3.59. The van der Waals surface area contributed by atoms with Gasteiger partial charge in [-0.2, -0.15) is 0 Å². The second-order valence-electron chi connectivity index (χ2n) is 5.54. The number of aromatic nitrogens is 1. The lowest BCUT2D eigenvalue weighted by Crippen LogP contribution is -2.20. The molecule has 1 N–H and O–H groups in total. The Morgan fingerprint density at radius 3 is 2.72 bits per heavy atom. The van der Waals surface area contributed by atoms with Crippen LogP contribution >= 0.6 is 0 Å². The molecular formula is C19H17FN2O3. The first-order valence-electron chi connectivity index (χ1n) is 7.74. The molecule has 0 aliphatic carbocycles. The molecule has 1 heterocycles. The number of nitrogens with zero attached hydrogens (tertiary/aromatic N) is 1. The lowest BCUT2D eigenvalue weighted by molar-refractivity contribution is -0.118. The van der Waals surface area contributed by atoms with Crippen molar-refractivity contribution in [1.29, 1.82) is 0 Å². The summed E-state index contributed by atoms with van der Waals surface area (Å²) in [6.07, 6.45) is 0. The number of amides is 1. The van der Waals surface area contributed by atoms with Crippen LogP contribution in [0, 0.1) is 19.7 Å². The molecule has 1 aromatic heterocycles. The van der Waals surface area contributed by atoms with Gasteiger partial charge in [-0.1, -0.05) is 12.1 Å². The monoisotopic (exact) mass is 340 g/mol. The number of rotatable bonds is 5. The summed E-state index contributed by atoms with van der Waals surface area (Å²) in [7, 11) is 0. The second-order valence-corrected chi connectivity index (χ2v) is 5.54. The van der Waals surface area contributed by atoms with Crippen LogP contribution in [0.1, 0.15) is 11.5 Å². The minimum absolute atomic E-state index is 0.217. The molecule has 0 saturated heterocycles. The minimum atomic E-state index is -0.415. The summed E-state index contributed by atoms with van der Waals surface area (Å²) < 4.78 is 23.9. The number of hydrogen-bond donors (Lipinski definition) is 1. The number of nitrogens with one attached hydrogen (secondary N) is 1. The normalized spacial score (nSPS) is 10.5. The standard InChI is InChI=1S/C19H17FN2O3/c1-12-13(2)25-19(21-12)14-5-3-7-16(9-14)22-18(23)11-24-17-8-4-6-15(20)10-17/h3-10H,11H2,1-2H3,(H,22,23). The maximum absolute atomic E-state index is 13.1. The van der Waals surface area contributed by atoms with Crippen LogP contribution in [0.15, 0.2) is 52.9 Å². The van der Waals surface area contributed by atoms with Gasteiger partial charge in [-0.3, -0.25) is 4.79 Å². The van der Waals surface area contributed by atoms with E-state index >= 15 is 0 Å². The Morgan fingerprint density at radius 1 is 1.20 bits per heavy atom. The van der Waals surface area contributed by atoms with Gasteiger partial charge in [-0.05, 0) is 44.2 Å². The van der Waals surface area contributed by atoms with Gasteiger partial charge in [0, 0.05) is 17.3 Å². The molecule has 25 heavy (non-hydrogen) atoms. The topological polar surface area (TPSA) is 64.4 Å².